The van der Waals surface area contributed by atoms with Gasteiger partial charge < -0.3 is 4.90 Å². The van der Waals surface area contributed by atoms with Crippen molar-refractivity contribution in [2.75, 3.05) is 31.7 Å². The molecule has 29 heavy (non-hydrogen) atoms. The number of carbonyl (C=O) groups excluding carboxylic acids is 1. The van der Waals surface area contributed by atoms with E-state index in [1.165, 1.54) is 15.3 Å². The molecule has 1 saturated heterocycles. The highest BCUT2D eigenvalue weighted by Crippen LogP contribution is 2.40. The molecule has 10 heteroatoms. The van der Waals surface area contributed by atoms with E-state index in [-0.39, 0.29) is 36.2 Å². The molecule has 0 radical (unpaired) electrons. The molecule has 0 unspecified atom stereocenters. The summed E-state index contributed by atoms with van der Waals surface area (Å²) < 4.78 is 41.5. The summed E-state index contributed by atoms with van der Waals surface area (Å²) in [7, 11) is -2.13. The summed E-state index contributed by atoms with van der Waals surface area (Å²) in [6, 6.07) is 4.73. The zero-order chi connectivity index (χ0) is 20.3. The van der Waals surface area contributed by atoms with Gasteiger partial charge in [-0.3, -0.25) is 14.3 Å². The minimum atomic E-state index is -3.80. The van der Waals surface area contributed by atoms with E-state index in [2.05, 4.69) is 15.2 Å². The summed E-state index contributed by atoms with van der Waals surface area (Å²) in [4.78, 5) is 18.1. The van der Waals surface area contributed by atoms with E-state index in [0.29, 0.717) is 17.3 Å². The maximum atomic E-state index is 13.7. The second-order valence-corrected chi connectivity index (χ2v) is 10.1. The van der Waals surface area contributed by atoms with Crippen LogP contribution >= 0.6 is 0 Å². The second kappa shape index (κ2) is 6.60. The van der Waals surface area contributed by atoms with E-state index in [4.69, 9.17) is 0 Å². The van der Waals surface area contributed by atoms with Crippen LogP contribution in [0.25, 0.3) is 0 Å². The lowest BCUT2D eigenvalue weighted by molar-refractivity contribution is -0.117. The highest BCUT2D eigenvalue weighted by Gasteiger charge is 2.42. The van der Waals surface area contributed by atoms with Crippen molar-refractivity contribution in [1.82, 2.24) is 19.5 Å². The number of amides is 1. The third-order valence-electron chi connectivity index (χ3n) is 6.19. The van der Waals surface area contributed by atoms with E-state index in [1.807, 2.05) is 0 Å². The van der Waals surface area contributed by atoms with E-state index in [0.717, 1.165) is 24.4 Å². The maximum Gasteiger partial charge on any atom is 0.243 e. The number of aromatic amines is 1. The van der Waals surface area contributed by atoms with Crippen LogP contribution in [0, 0.1) is 5.92 Å². The Balaban J connectivity index is 1.41. The molecule has 2 aromatic rings. The number of anilines is 1. The number of alkyl halides is 1. The van der Waals surface area contributed by atoms with Gasteiger partial charge in [0.1, 0.15) is 5.82 Å². The summed E-state index contributed by atoms with van der Waals surface area (Å²) >= 11 is 0. The summed E-state index contributed by atoms with van der Waals surface area (Å²) in [5.41, 5.74) is 1.42. The number of hydrogen-bond acceptors (Lipinski definition) is 5. The average molecular weight is 419 g/mol. The molecule has 1 N–H and O–H groups in total. The molecule has 8 nitrogen and oxygen atoms in total. The quantitative estimate of drug-likeness (QED) is 0.793. The van der Waals surface area contributed by atoms with Gasteiger partial charge in [0.05, 0.1) is 18.0 Å². The van der Waals surface area contributed by atoms with Gasteiger partial charge in [-0.1, -0.05) is 0 Å². The van der Waals surface area contributed by atoms with Gasteiger partial charge >= 0.3 is 0 Å². The van der Waals surface area contributed by atoms with Crippen LogP contribution in [0.1, 0.15) is 41.9 Å². The summed E-state index contributed by atoms with van der Waals surface area (Å²) in [5.74, 6) is 0.797. The topological polar surface area (TPSA) is 99.3 Å². The first-order valence-corrected chi connectivity index (χ1v) is 11.2. The Morgan fingerprint density at radius 1 is 1.28 bits per heavy atom. The zero-order valence-corrected chi connectivity index (χ0v) is 16.8. The minimum absolute atomic E-state index is 0.0648. The predicted molar refractivity (Wildman–Crippen MR) is 103 cm³/mol. The molecule has 3 aliphatic rings. The Labute approximate surface area is 168 Å². The van der Waals surface area contributed by atoms with Crippen LogP contribution in [-0.4, -0.2) is 60.6 Å². The van der Waals surface area contributed by atoms with Gasteiger partial charge in [-0.25, -0.2) is 13.4 Å². The molecule has 154 valence electrons. The number of hydrogen-bond donors (Lipinski definition) is 1. The van der Waals surface area contributed by atoms with Crippen LogP contribution in [0.5, 0.6) is 0 Å². The fraction of sp³-hybridized carbons (Fsp3) is 0.526. The second-order valence-electron chi connectivity index (χ2n) is 8.12. The number of nitrogens with zero attached hydrogens (tertiary/aromatic N) is 4. The number of halogens is 1. The average Bonchev–Trinajstić information content (AvgIpc) is 3.16. The first kappa shape index (κ1) is 18.7. The van der Waals surface area contributed by atoms with Gasteiger partial charge in [0, 0.05) is 43.6 Å². The highest BCUT2D eigenvalue weighted by molar-refractivity contribution is 7.89. The molecule has 2 fully saturated rings. The molecule has 3 heterocycles. The predicted octanol–water partition coefficient (Wildman–Crippen LogP) is 1.57. The number of rotatable bonds is 5. The lowest BCUT2D eigenvalue weighted by atomic mass is 9.97. The summed E-state index contributed by atoms with van der Waals surface area (Å²) in [6.45, 7) is -0.370. The Morgan fingerprint density at radius 2 is 2.07 bits per heavy atom. The lowest BCUT2D eigenvalue weighted by Gasteiger charge is -2.17. The molecule has 1 amide bonds. The van der Waals surface area contributed by atoms with Gasteiger partial charge in [-0.15, -0.1) is 0 Å². The molecular weight excluding hydrogens is 397 g/mol. The molecular formula is C19H22FN5O3S. The number of fused-ring (bicyclic) bond motifs is 1. The largest absolute Gasteiger partial charge is 0.315 e. The van der Waals surface area contributed by atoms with Crippen molar-refractivity contribution in [3.05, 3.63) is 35.4 Å². The molecule has 0 bridgehead atoms. The fourth-order valence-electron chi connectivity index (χ4n) is 4.23. The molecule has 2 aliphatic heterocycles. The van der Waals surface area contributed by atoms with Crippen LogP contribution in [0.15, 0.2) is 23.1 Å². The molecule has 1 aliphatic carbocycles. The van der Waals surface area contributed by atoms with Gasteiger partial charge in [-0.05, 0) is 36.6 Å². The van der Waals surface area contributed by atoms with Crippen molar-refractivity contribution in [3.8, 4) is 0 Å². The first-order valence-electron chi connectivity index (χ1n) is 9.76. The van der Waals surface area contributed by atoms with Gasteiger partial charge in [0.2, 0.25) is 15.9 Å². The maximum absolute atomic E-state index is 13.7. The van der Waals surface area contributed by atoms with Crippen molar-refractivity contribution in [2.24, 2.45) is 5.92 Å². The SMILES string of the molecule is CN1C(=O)Cc2cc(S(=O)(=O)N3C[C@@H](CF)[C@H](c4nc(C5CC5)n[nH]4)C3)ccc21. The van der Waals surface area contributed by atoms with Crippen molar-refractivity contribution in [2.45, 2.75) is 36.0 Å². The standard InChI is InChI=1S/C19H22FN5O3S/c1-24-16-5-4-14(6-12(16)7-17(24)26)29(27,28)25-9-13(8-20)15(10-25)19-21-18(22-23-19)11-2-3-11/h4-6,11,13,15H,2-3,7-10H2,1H3,(H,21,22,23)/t13-,15-/m1/s1. The van der Waals surface area contributed by atoms with E-state index in [1.54, 1.807) is 19.2 Å². The monoisotopic (exact) mass is 419 g/mol. The third-order valence-corrected chi connectivity index (χ3v) is 8.01. The zero-order valence-electron chi connectivity index (χ0n) is 16.0. The van der Waals surface area contributed by atoms with E-state index in [9.17, 15) is 17.6 Å². The number of likely N-dealkylation sites (N-methyl/N-ethyl adjacent to an activating group) is 1. The molecule has 1 aromatic carbocycles. The van der Waals surface area contributed by atoms with Gasteiger partial charge in [-0.2, -0.15) is 9.40 Å². The van der Waals surface area contributed by atoms with Gasteiger partial charge in [0.25, 0.3) is 0 Å². The van der Waals surface area contributed by atoms with Crippen LogP contribution < -0.4 is 4.90 Å². The molecule has 1 saturated carbocycles. The number of aromatic nitrogens is 3. The van der Waals surface area contributed by atoms with Crippen LogP contribution in [-0.2, 0) is 21.2 Å². The van der Waals surface area contributed by atoms with Crippen LogP contribution in [0.3, 0.4) is 0 Å². The van der Waals surface area contributed by atoms with Crippen molar-refractivity contribution in [1.29, 1.82) is 0 Å². The van der Waals surface area contributed by atoms with Crippen molar-refractivity contribution < 1.29 is 17.6 Å². The Hall–Kier alpha value is -2.33. The number of sulfonamides is 1. The number of carbonyl (C=O) groups is 1. The normalized spacial score (nSPS) is 25.0. The molecule has 1 aromatic heterocycles. The van der Waals surface area contributed by atoms with Crippen molar-refractivity contribution >= 4 is 21.6 Å². The number of H-pyrrole nitrogens is 1. The summed E-state index contributed by atoms with van der Waals surface area (Å²) in [6.07, 6.45) is 2.31. The fourth-order valence-corrected chi connectivity index (χ4v) is 5.80. The number of nitrogens with one attached hydrogen (secondary N) is 1. The lowest BCUT2D eigenvalue weighted by Crippen LogP contribution is -2.29. The Kier molecular flexibility index (Phi) is 4.25. The van der Waals surface area contributed by atoms with Gasteiger partial charge in [0.15, 0.2) is 5.82 Å². The Morgan fingerprint density at radius 3 is 2.79 bits per heavy atom. The third kappa shape index (κ3) is 3.05. The molecule has 0 spiro atoms. The van der Waals surface area contributed by atoms with E-state index < -0.39 is 22.6 Å². The highest BCUT2D eigenvalue weighted by atomic mass is 32.2. The first-order chi connectivity index (χ1) is 13.9. The van der Waals surface area contributed by atoms with Crippen molar-refractivity contribution in [3.63, 3.8) is 0 Å². The van der Waals surface area contributed by atoms with Crippen LogP contribution in [0.4, 0.5) is 10.1 Å². The smallest absolute Gasteiger partial charge is 0.243 e. The molecule has 2 atom stereocenters. The summed E-state index contributed by atoms with van der Waals surface area (Å²) in [5, 5.41) is 7.12. The minimum Gasteiger partial charge on any atom is -0.315 e. The molecule has 5 rings (SSSR count). The number of benzene rings is 1. The Bertz CT molecular complexity index is 1080. The van der Waals surface area contributed by atoms with Crippen LogP contribution in [0.2, 0.25) is 0 Å². The van der Waals surface area contributed by atoms with E-state index >= 15 is 0 Å².